The molecule has 0 saturated carbocycles. The summed E-state index contributed by atoms with van der Waals surface area (Å²) in [4.78, 5) is 12.7. The molecule has 0 aliphatic rings. The molecular formula is C15H20Cl2F3N5O3. The molecule has 0 aliphatic carbocycles. The van der Waals surface area contributed by atoms with E-state index >= 15 is 0 Å². The highest BCUT2D eigenvalue weighted by atomic mass is 35.5. The monoisotopic (exact) mass is 445 g/mol. The topological polar surface area (TPSA) is 116 Å². The number of aliphatic imine (C=N–C) groups is 2. The molecule has 13 heteroatoms. The molecule has 0 bridgehead atoms. The van der Waals surface area contributed by atoms with Crippen molar-refractivity contribution in [1.82, 2.24) is 5.48 Å². The van der Waals surface area contributed by atoms with Gasteiger partial charge in [0, 0.05) is 24.6 Å². The van der Waals surface area contributed by atoms with Crippen molar-refractivity contribution < 1.29 is 27.5 Å². The molecule has 0 unspecified atom stereocenters. The van der Waals surface area contributed by atoms with Crippen LogP contribution in [0.4, 0.5) is 13.2 Å². The fraction of sp³-hybridized carbons (Fsp3) is 0.467. The summed E-state index contributed by atoms with van der Waals surface area (Å²) in [6.07, 6.45) is -4.61. The summed E-state index contributed by atoms with van der Waals surface area (Å²) in [5.41, 5.74) is 13.4. The van der Waals surface area contributed by atoms with Crippen molar-refractivity contribution in [3.05, 3.63) is 22.2 Å². The lowest BCUT2D eigenvalue weighted by atomic mass is 10.3. The molecule has 0 fully saturated rings. The molecule has 0 aromatic heterocycles. The Bertz CT molecular complexity index is 715. The summed E-state index contributed by atoms with van der Waals surface area (Å²) in [5, 5.41) is -0.0791. The van der Waals surface area contributed by atoms with Crippen molar-refractivity contribution in [1.29, 1.82) is 0 Å². The number of nitrogens with zero attached hydrogens (tertiary/aromatic N) is 2. The molecule has 0 aliphatic heterocycles. The summed E-state index contributed by atoms with van der Waals surface area (Å²) in [6, 6.07) is 2.01. The highest BCUT2D eigenvalue weighted by Gasteiger charge is 2.33. The molecule has 0 saturated heterocycles. The van der Waals surface area contributed by atoms with Crippen LogP contribution in [0.25, 0.3) is 0 Å². The van der Waals surface area contributed by atoms with Crippen molar-refractivity contribution >= 4 is 35.1 Å². The van der Waals surface area contributed by atoms with Gasteiger partial charge in [-0.05, 0) is 13.8 Å². The summed E-state index contributed by atoms with van der Waals surface area (Å²) >= 11 is 11.5. The summed E-state index contributed by atoms with van der Waals surface area (Å²) in [6.45, 7) is 3.75. The molecule has 1 aromatic carbocycles. The average Bonchev–Trinajstić information content (AvgIpc) is 2.52. The van der Waals surface area contributed by atoms with Crippen LogP contribution in [0.15, 0.2) is 22.1 Å². The standard InChI is InChI=1S/C15H20Cl2F3N5O3/c1-8(2)23-13(21)24-14(22)25-27-5-3-4-26-11-6-9(16)10(17)7-12(11)28-15(18,19)20/h6-8H,3-5H2,1-2H3,(H5,21,22,23,24,25). The van der Waals surface area contributed by atoms with Gasteiger partial charge in [-0.3, -0.25) is 4.84 Å². The molecule has 1 aromatic rings. The van der Waals surface area contributed by atoms with Gasteiger partial charge >= 0.3 is 6.36 Å². The smallest absolute Gasteiger partial charge is 0.490 e. The van der Waals surface area contributed by atoms with Crippen molar-refractivity contribution in [2.75, 3.05) is 13.2 Å². The number of nitrogens with two attached hydrogens (primary N) is 2. The Kier molecular flexibility index (Phi) is 9.42. The minimum atomic E-state index is -4.90. The zero-order valence-electron chi connectivity index (χ0n) is 15.0. The van der Waals surface area contributed by atoms with E-state index in [0.29, 0.717) is 6.42 Å². The van der Waals surface area contributed by atoms with Crippen molar-refractivity contribution in [3.8, 4) is 11.5 Å². The third kappa shape index (κ3) is 9.72. The van der Waals surface area contributed by atoms with Gasteiger partial charge in [-0.15, -0.1) is 13.2 Å². The van der Waals surface area contributed by atoms with Crippen LogP contribution < -0.4 is 26.4 Å². The zero-order chi connectivity index (χ0) is 21.3. The van der Waals surface area contributed by atoms with Gasteiger partial charge in [-0.2, -0.15) is 4.99 Å². The van der Waals surface area contributed by atoms with Crippen LogP contribution in [-0.4, -0.2) is 37.5 Å². The van der Waals surface area contributed by atoms with Crippen LogP contribution >= 0.6 is 23.2 Å². The van der Waals surface area contributed by atoms with Gasteiger partial charge in [0.2, 0.25) is 11.9 Å². The molecule has 1 rings (SSSR count). The number of hydrogen-bond donors (Lipinski definition) is 3. The molecule has 0 amide bonds. The van der Waals surface area contributed by atoms with Gasteiger partial charge in [0.05, 0.1) is 23.3 Å². The maximum Gasteiger partial charge on any atom is 0.573 e. The second-order valence-electron chi connectivity index (χ2n) is 5.49. The number of rotatable bonds is 8. The van der Waals surface area contributed by atoms with Crippen LogP contribution in [-0.2, 0) is 4.84 Å². The summed E-state index contributed by atoms with van der Waals surface area (Å²) in [7, 11) is 0. The van der Waals surface area contributed by atoms with E-state index in [2.05, 4.69) is 20.2 Å². The van der Waals surface area contributed by atoms with E-state index < -0.39 is 12.1 Å². The molecule has 8 nitrogen and oxygen atoms in total. The Morgan fingerprint density at radius 1 is 1.14 bits per heavy atom. The number of halogens is 5. The molecule has 0 spiro atoms. The lowest BCUT2D eigenvalue weighted by Gasteiger charge is -2.15. The normalized spacial score (nSPS) is 13.0. The highest BCUT2D eigenvalue weighted by molar-refractivity contribution is 6.42. The molecule has 158 valence electrons. The van der Waals surface area contributed by atoms with Crippen LogP contribution in [0.5, 0.6) is 11.5 Å². The molecule has 5 N–H and O–H groups in total. The van der Waals surface area contributed by atoms with E-state index in [4.69, 9.17) is 44.2 Å². The Labute approximate surface area is 169 Å². The minimum Gasteiger partial charge on any atom is -0.490 e. The largest absolute Gasteiger partial charge is 0.573 e. The molecular weight excluding hydrogens is 426 g/mol. The van der Waals surface area contributed by atoms with Crippen LogP contribution in [0, 0.1) is 0 Å². The Hall–Kier alpha value is -2.11. The predicted molar refractivity (Wildman–Crippen MR) is 101 cm³/mol. The van der Waals surface area contributed by atoms with E-state index in [1.54, 1.807) is 0 Å². The first kappa shape index (κ1) is 23.9. The maximum absolute atomic E-state index is 12.5. The fourth-order valence-electron chi connectivity index (χ4n) is 1.71. The Balaban J connectivity index is 2.48. The molecule has 28 heavy (non-hydrogen) atoms. The van der Waals surface area contributed by atoms with Gasteiger partial charge in [-0.1, -0.05) is 23.2 Å². The van der Waals surface area contributed by atoms with Crippen LogP contribution in [0.1, 0.15) is 20.3 Å². The second-order valence-corrected chi connectivity index (χ2v) is 6.31. The lowest BCUT2D eigenvalue weighted by molar-refractivity contribution is -0.275. The minimum absolute atomic E-state index is 0.00184. The first-order chi connectivity index (χ1) is 13.0. The molecule has 0 atom stereocenters. The van der Waals surface area contributed by atoms with E-state index in [-0.39, 0.29) is 47.0 Å². The molecule has 0 radical (unpaired) electrons. The van der Waals surface area contributed by atoms with Crippen molar-refractivity contribution in [2.45, 2.75) is 32.7 Å². The molecule has 0 heterocycles. The summed E-state index contributed by atoms with van der Waals surface area (Å²) in [5.74, 6) is -0.924. The third-order valence-corrected chi connectivity index (χ3v) is 3.38. The summed E-state index contributed by atoms with van der Waals surface area (Å²) < 4.78 is 46.5. The third-order valence-electron chi connectivity index (χ3n) is 2.66. The number of hydroxylamine groups is 1. The first-order valence-electron chi connectivity index (χ1n) is 7.90. The second kappa shape index (κ2) is 11.0. The number of alkyl halides is 3. The number of ether oxygens (including phenoxy) is 2. The van der Waals surface area contributed by atoms with Crippen molar-refractivity contribution in [3.63, 3.8) is 0 Å². The van der Waals surface area contributed by atoms with Crippen LogP contribution in [0.3, 0.4) is 0 Å². The lowest BCUT2D eigenvalue weighted by Crippen LogP contribution is -2.34. The highest BCUT2D eigenvalue weighted by Crippen LogP contribution is 2.38. The van der Waals surface area contributed by atoms with E-state index in [0.717, 1.165) is 12.1 Å². The van der Waals surface area contributed by atoms with E-state index in [9.17, 15) is 13.2 Å². The number of benzene rings is 1. The van der Waals surface area contributed by atoms with Gasteiger partial charge in [-0.25, -0.2) is 10.5 Å². The van der Waals surface area contributed by atoms with Crippen molar-refractivity contribution in [2.24, 2.45) is 21.5 Å². The average molecular weight is 446 g/mol. The SMILES string of the molecule is CC(C)N=C(N)N=C(N)NOCCCOc1cc(Cl)c(Cl)cc1OC(F)(F)F. The Morgan fingerprint density at radius 3 is 2.32 bits per heavy atom. The van der Waals surface area contributed by atoms with E-state index in [1.165, 1.54) is 0 Å². The van der Waals surface area contributed by atoms with Gasteiger partial charge in [0.1, 0.15) is 0 Å². The first-order valence-corrected chi connectivity index (χ1v) is 8.66. The number of guanidine groups is 2. The number of nitrogens with one attached hydrogen (secondary N) is 1. The zero-order valence-corrected chi connectivity index (χ0v) is 16.5. The van der Waals surface area contributed by atoms with Gasteiger partial charge in [0.25, 0.3) is 0 Å². The quantitative estimate of drug-likeness (QED) is 0.244. The maximum atomic E-state index is 12.5. The van der Waals surface area contributed by atoms with Gasteiger partial charge in [0.15, 0.2) is 11.5 Å². The fourth-order valence-corrected chi connectivity index (χ4v) is 2.01. The van der Waals surface area contributed by atoms with Gasteiger partial charge < -0.3 is 20.9 Å². The Morgan fingerprint density at radius 2 is 1.75 bits per heavy atom. The predicted octanol–water partition coefficient (Wildman–Crippen LogP) is 3.22. The van der Waals surface area contributed by atoms with E-state index in [1.807, 2.05) is 13.8 Å². The van der Waals surface area contributed by atoms with Crippen LogP contribution in [0.2, 0.25) is 10.0 Å². The number of hydrogen-bond acceptors (Lipinski definition) is 4.